The van der Waals surface area contributed by atoms with E-state index in [9.17, 15) is 0 Å². The van der Waals surface area contributed by atoms with Crippen molar-refractivity contribution in [1.82, 2.24) is 10.6 Å². The van der Waals surface area contributed by atoms with E-state index in [1.165, 1.54) is 0 Å². The predicted octanol–water partition coefficient (Wildman–Crippen LogP) is -0.238. The van der Waals surface area contributed by atoms with Crippen molar-refractivity contribution in [2.45, 2.75) is 0 Å². The molecule has 1 radical (unpaired) electrons. The third-order valence-corrected chi connectivity index (χ3v) is 0.452. The SMILES string of the molecule is CN(C)COC[NH]. The number of nitrogens with one attached hydrogen (secondary N) is 1. The summed E-state index contributed by atoms with van der Waals surface area (Å²) in [4.78, 5) is 1.87. The van der Waals surface area contributed by atoms with Crippen LogP contribution in [0.1, 0.15) is 0 Å². The Morgan fingerprint density at radius 3 is 2.29 bits per heavy atom. The summed E-state index contributed by atoms with van der Waals surface area (Å²) < 4.78 is 4.69. The van der Waals surface area contributed by atoms with Gasteiger partial charge in [-0.05, 0) is 14.1 Å². The Kier molecular flexibility index (Phi) is 3.98. The average molecular weight is 103 g/mol. The van der Waals surface area contributed by atoms with Crippen LogP contribution in [0.4, 0.5) is 0 Å². The third kappa shape index (κ3) is 5.88. The maximum absolute atomic E-state index is 6.55. The lowest BCUT2D eigenvalue weighted by Gasteiger charge is -2.06. The lowest BCUT2D eigenvalue weighted by Crippen LogP contribution is -2.16. The first-order valence-corrected chi connectivity index (χ1v) is 2.14. The molecule has 1 N–H and O–H groups in total. The fourth-order valence-electron chi connectivity index (χ4n) is 0.228. The van der Waals surface area contributed by atoms with Gasteiger partial charge < -0.3 is 4.74 Å². The minimum atomic E-state index is 0.0537. The molecule has 3 nitrogen and oxygen atoms in total. The van der Waals surface area contributed by atoms with Gasteiger partial charge in [0.2, 0.25) is 0 Å². The highest BCUT2D eigenvalue weighted by molar-refractivity contribution is 4.22. The summed E-state index contributed by atoms with van der Waals surface area (Å²) in [6.45, 7) is 0.599. The van der Waals surface area contributed by atoms with Crippen LogP contribution in [0, 0.1) is 0 Å². The summed E-state index contributed by atoms with van der Waals surface area (Å²) >= 11 is 0. The smallest absolute Gasteiger partial charge is 0.111 e. The van der Waals surface area contributed by atoms with E-state index in [-0.39, 0.29) is 6.73 Å². The highest BCUT2D eigenvalue weighted by atomic mass is 16.5. The minimum Gasteiger partial charge on any atom is -0.350 e. The summed E-state index contributed by atoms with van der Waals surface area (Å²) in [6.07, 6.45) is 0. The van der Waals surface area contributed by atoms with Crippen LogP contribution < -0.4 is 5.73 Å². The van der Waals surface area contributed by atoms with Crippen LogP contribution in [0.25, 0.3) is 0 Å². The van der Waals surface area contributed by atoms with Gasteiger partial charge in [0.1, 0.15) is 13.5 Å². The minimum absolute atomic E-state index is 0.0537. The quantitative estimate of drug-likeness (QED) is 0.462. The van der Waals surface area contributed by atoms with Crippen LogP contribution in [0.5, 0.6) is 0 Å². The Morgan fingerprint density at radius 1 is 1.57 bits per heavy atom. The largest absolute Gasteiger partial charge is 0.350 e. The summed E-state index contributed by atoms with van der Waals surface area (Å²) in [7, 11) is 3.80. The first-order chi connectivity index (χ1) is 3.27. The molecule has 0 aromatic heterocycles. The maximum atomic E-state index is 6.55. The van der Waals surface area contributed by atoms with Gasteiger partial charge in [-0.2, -0.15) is 0 Å². The zero-order valence-electron chi connectivity index (χ0n) is 4.77. The molecular weight excluding hydrogens is 92.1 g/mol. The van der Waals surface area contributed by atoms with Crippen LogP contribution in [-0.2, 0) is 4.74 Å². The Hall–Kier alpha value is -0.120. The number of ether oxygens (including phenoxy) is 1. The van der Waals surface area contributed by atoms with E-state index in [1.54, 1.807) is 0 Å². The van der Waals surface area contributed by atoms with E-state index < -0.39 is 0 Å². The fraction of sp³-hybridized carbons (Fsp3) is 1.00. The first-order valence-electron chi connectivity index (χ1n) is 2.14. The standard InChI is InChI=1S/C4H11N2O/c1-6(2)4-7-3-5/h5H,3-4H2,1-2H3. The second kappa shape index (κ2) is 4.05. The molecular formula is C4H11N2O. The van der Waals surface area contributed by atoms with E-state index in [0.29, 0.717) is 6.73 Å². The van der Waals surface area contributed by atoms with Crippen molar-refractivity contribution in [1.29, 1.82) is 0 Å². The van der Waals surface area contributed by atoms with Crippen LogP contribution in [0.2, 0.25) is 0 Å². The van der Waals surface area contributed by atoms with Gasteiger partial charge >= 0.3 is 0 Å². The molecule has 0 atom stereocenters. The van der Waals surface area contributed by atoms with E-state index in [2.05, 4.69) is 4.74 Å². The van der Waals surface area contributed by atoms with Gasteiger partial charge in [0.15, 0.2) is 0 Å². The van der Waals surface area contributed by atoms with Crippen molar-refractivity contribution in [3.8, 4) is 0 Å². The second-order valence-corrected chi connectivity index (χ2v) is 1.56. The molecule has 7 heavy (non-hydrogen) atoms. The Balaban J connectivity index is 2.68. The van der Waals surface area contributed by atoms with Crippen molar-refractivity contribution < 1.29 is 4.74 Å². The van der Waals surface area contributed by atoms with Gasteiger partial charge in [-0.3, -0.25) is 4.90 Å². The molecule has 43 valence electrons. The molecule has 0 bridgehead atoms. The normalized spacial score (nSPS) is 10.3. The lowest BCUT2D eigenvalue weighted by atomic mass is 10.9. The van der Waals surface area contributed by atoms with Crippen LogP contribution in [-0.4, -0.2) is 32.5 Å². The zero-order chi connectivity index (χ0) is 5.70. The highest BCUT2D eigenvalue weighted by Crippen LogP contribution is 1.72. The Bertz CT molecular complexity index is 38.7. The van der Waals surface area contributed by atoms with Crippen LogP contribution in [0.15, 0.2) is 0 Å². The van der Waals surface area contributed by atoms with Crippen molar-refractivity contribution in [2.75, 3.05) is 27.6 Å². The monoisotopic (exact) mass is 103 g/mol. The molecule has 0 aliphatic carbocycles. The van der Waals surface area contributed by atoms with E-state index in [1.807, 2.05) is 19.0 Å². The molecule has 0 fully saturated rings. The molecule has 0 heterocycles. The second-order valence-electron chi connectivity index (χ2n) is 1.56. The van der Waals surface area contributed by atoms with Gasteiger partial charge in [-0.1, -0.05) is 0 Å². The van der Waals surface area contributed by atoms with Crippen LogP contribution in [0.3, 0.4) is 0 Å². The average Bonchev–Trinajstić information content (AvgIpc) is 1.61. The Morgan fingerprint density at radius 2 is 2.14 bits per heavy atom. The zero-order valence-corrected chi connectivity index (χ0v) is 4.77. The van der Waals surface area contributed by atoms with Gasteiger partial charge in [0, 0.05) is 0 Å². The van der Waals surface area contributed by atoms with Crippen molar-refractivity contribution >= 4 is 0 Å². The summed E-state index contributed by atoms with van der Waals surface area (Å²) in [5, 5.41) is 0. The molecule has 0 unspecified atom stereocenters. The van der Waals surface area contributed by atoms with Crippen molar-refractivity contribution in [2.24, 2.45) is 0 Å². The van der Waals surface area contributed by atoms with Crippen molar-refractivity contribution in [3.05, 3.63) is 0 Å². The lowest BCUT2D eigenvalue weighted by molar-refractivity contribution is 0.0577. The van der Waals surface area contributed by atoms with Gasteiger partial charge in [-0.25, -0.2) is 5.73 Å². The molecule has 0 saturated heterocycles. The molecule has 0 saturated carbocycles. The fourth-order valence-corrected chi connectivity index (χ4v) is 0.228. The van der Waals surface area contributed by atoms with Crippen LogP contribution >= 0.6 is 0 Å². The van der Waals surface area contributed by atoms with E-state index >= 15 is 0 Å². The molecule has 0 aromatic rings. The number of hydrogen-bond acceptors (Lipinski definition) is 2. The van der Waals surface area contributed by atoms with E-state index in [4.69, 9.17) is 5.73 Å². The first kappa shape index (κ1) is 6.88. The molecule has 0 aromatic carbocycles. The molecule has 0 aliphatic heterocycles. The Labute approximate surface area is 44.0 Å². The van der Waals surface area contributed by atoms with Crippen molar-refractivity contribution in [3.63, 3.8) is 0 Å². The molecule has 0 amide bonds. The van der Waals surface area contributed by atoms with Gasteiger partial charge in [-0.15, -0.1) is 0 Å². The third-order valence-electron chi connectivity index (χ3n) is 0.452. The molecule has 3 heteroatoms. The molecule has 0 aliphatic rings. The number of nitrogens with zero attached hydrogens (tertiary/aromatic N) is 1. The topological polar surface area (TPSA) is 36.3 Å². The van der Waals surface area contributed by atoms with E-state index in [0.717, 1.165) is 0 Å². The van der Waals surface area contributed by atoms with Gasteiger partial charge in [0.05, 0.1) is 0 Å². The number of hydrogen-bond donors (Lipinski definition) is 0. The molecule has 0 rings (SSSR count). The highest BCUT2D eigenvalue weighted by Gasteiger charge is 1.82. The van der Waals surface area contributed by atoms with Gasteiger partial charge in [0.25, 0.3) is 0 Å². The summed E-state index contributed by atoms with van der Waals surface area (Å²) in [5.74, 6) is 0. The molecule has 0 spiro atoms. The summed E-state index contributed by atoms with van der Waals surface area (Å²) in [6, 6.07) is 0. The predicted molar refractivity (Wildman–Crippen MR) is 27.6 cm³/mol. The maximum Gasteiger partial charge on any atom is 0.111 e. The number of rotatable bonds is 3. The summed E-state index contributed by atoms with van der Waals surface area (Å²) in [5.41, 5.74) is 6.55.